The van der Waals surface area contributed by atoms with Crippen molar-refractivity contribution in [3.63, 3.8) is 0 Å². The molecule has 3 aromatic rings. The van der Waals surface area contributed by atoms with Gasteiger partial charge in [-0.05, 0) is 59.8 Å². The minimum atomic E-state index is -4.03. The number of sulfonamides is 1. The summed E-state index contributed by atoms with van der Waals surface area (Å²) >= 11 is 0. The second kappa shape index (κ2) is 11.0. The van der Waals surface area contributed by atoms with Gasteiger partial charge in [-0.15, -0.1) is 0 Å². The van der Waals surface area contributed by atoms with Crippen LogP contribution >= 0.6 is 0 Å². The number of carboxylic acid groups (broad SMARTS) is 1. The summed E-state index contributed by atoms with van der Waals surface area (Å²) in [5.41, 5.74) is 3.50. The monoisotopic (exact) mass is 452 g/mol. The Hall–Kier alpha value is -3.00. The van der Waals surface area contributed by atoms with Crippen LogP contribution in [-0.4, -0.2) is 32.1 Å². The molecule has 32 heavy (non-hydrogen) atoms. The number of benzene rings is 3. The largest absolute Gasteiger partial charge is 0.480 e. The molecule has 0 aromatic heterocycles. The first-order valence-corrected chi connectivity index (χ1v) is 12.1. The van der Waals surface area contributed by atoms with Crippen molar-refractivity contribution in [3.05, 3.63) is 90.0 Å². The summed E-state index contributed by atoms with van der Waals surface area (Å²) in [6.07, 6.45) is 1.11. The Morgan fingerprint density at radius 1 is 0.906 bits per heavy atom. The Morgan fingerprint density at radius 2 is 1.56 bits per heavy atom. The van der Waals surface area contributed by atoms with Crippen LogP contribution in [0.2, 0.25) is 0 Å². The topological polar surface area (TPSA) is 95.5 Å². The van der Waals surface area contributed by atoms with Crippen molar-refractivity contribution in [1.29, 1.82) is 0 Å². The molecule has 0 aliphatic carbocycles. The van der Waals surface area contributed by atoms with Crippen molar-refractivity contribution in [2.24, 2.45) is 0 Å². The smallest absolute Gasteiger partial charge is 0.322 e. The van der Waals surface area contributed by atoms with Crippen LogP contribution in [0.25, 0.3) is 11.1 Å². The Labute approximate surface area is 189 Å². The van der Waals surface area contributed by atoms with Crippen LogP contribution in [0.15, 0.2) is 83.8 Å². The second-order valence-electron chi connectivity index (χ2n) is 7.61. The van der Waals surface area contributed by atoms with Gasteiger partial charge in [0.25, 0.3) is 0 Å². The lowest BCUT2D eigenvalue weighted by atomic mass is 10.0. The third kappa shape index (κ3) is 6.50. The molecule has 0 aliphatic rings. The Balaban J connectivity index is 1.81. The van der Waals surface area contributed by atoms with E-state index in [0.717, 1.165) is 41.8 Å². The number of nitrogens with one attached hydrogen (secondary N) is 2. The highest BCUT2D eigenvalue weighted by molar-refractivity contribution is 7.89. The quantitative estimate of drug-likeness (QED) is 0.384. The van der Waals surface area contributed by atoms with Gasteiger partial charge in [0.2, 0.25) is 10.0 Å². The molecule has 3 rings (SSSR count). The lowest BCUT2D eigenvalue weighted by Crippen LogP contribution is -2.42. The predicted molar refractivity (Wildman–Crippen MR) is 126 cm³/mol. The number of hydrogen-bond acceptors (Lipinski definition) is 4. The summed E-state index contributed by atoms with van der Waals surface area (Å²) in [6, 6.07) is 22.2. The summed E-state index contributed by atoms with van der Waals surface area (Å²) in [4.78, 5) is 11.7. The first-order chi connectivity index (χ1) is 15.4. The van der Waals surface area contributed by atoms with E-state index in [4.69, 9.17) is 0 Å². The fraction of sp³-hybridized carbons (Fsp3) is 0.240. The Kier molecular flexibility index (Phi) is 8.16. The van der Waals surface area contributed by atoms with E-state index in [9.17, 15) is 18.3 Å². The van der Waals surface area contributed by atoms with Gasteiger partial charge in [0, 0.05) is 6.54 Å². The van der Waals surface area contributed by atoms with Crippen LogP contribution in [0, 0.1) is 0 Å². The molecule has 0 saturated carbocycles. The van der Waals surface area contributed by atoms with E-state index < -0.39 is 22.0 Å². The summed E-state index contributed by atoms with van der Waals surface area (Å²) in [5, 5.41) is 12.9. The van der Waals surface area contributed by atoms with E-state index in [1.165, 1.54) is 6.07 Å². The van der Waals surface area contributed by atoms with Gasteiger partial charge in [0.1, 0.15) is 6.04 Å². The molecule has 0 saturated heterocycles. The van der Waals surface area contributed by atoms with Crippen molar-refractivity contribution in [2.75, 3.05) is 6.54 Å². The molecule has 7 heteroatoms. The average Bonchev–Trinajstić information content (AvgIpc) is 2.80. The van der Waals surface area contributed by atoms with Crippen molar-refractivity contribution in [1.82, 2.24) is 10.0 Å². The molecule has 6 nitrogen and oxygen atoms in total. The Morgan fingerprint density at radius 3 is 2.25 bits per heavy atom. The standard InChI is InChI=1S/C25H28N2O4S/c1-2-14-26-18-20-10-6-11-21(15-20)22-12-7-13-23(17-22)32(30,31)27-24(25(28)29)16-19-8-4-3-5-9-19/h3-13,15,17,24,26-27H,2,14,16,18H2,1H3,(H,28,29)/t24-/m0/s1. The highest BCUT2D eigenvalue weighted by Crippen LogP contribution is 2.24. The molecule has 168 valence electrons. The molecule has 0 aliphatic heterocycles. The van der Waals surface area contributed by atoms with Gasteiger partial charge in [0.05, 0.1) is 4.90 Å². The maximum atomic E-state index is 13.0. The molecule has 1 atom stereocenters. The zero-order valence-electron chi connectivity index (χ0n) is 18.0. The molecule has 0 amide bonds. The second-order valence-corrected chi connectivity index (χ2v) is 9.32. The normalized spacial score (nSPS) is 12.4. The number of carboxylic acids is 1. The van der Waals surface area contributed by atoms with Crippen molar-refractivity contribution in [3.8, 4) is 11.1 Å². The molecular formula is C25H28N2O4S. The van der Waals surface area contributed by atoms with Crippen molar-refractivity contribution >= 4 is 16.0 Å². The highest BCUT2D eigenvalue weighted by Gasteiger charge is 2.26. The van der Waals surface area contributed by atoms with Gasteiger partial charge in [-0.3, -0.25) is 4.79 Å². The van der Waals surface area contributed by atoms with Crippen LogP contribution < -0.4 is 10.0 Å². The highest BCUT2D eigenvalue weighted by atomic mass is 32.2. The summed E-state index contributed by atoms with van der Waals surface area (Å²) < 4.78 is 28.3. The van der Waals surface area contributed by atoms with E-state index >= 15 is 0 Å². The van der Waals surface area contributed by atoms with E-state index in [-0.39, 0.29) is 11.3 Å². The van der Waals surface area contributed by atoms with Gasteiger partial charge in [-0.25, -0.2) is 8.42 Å². The van der Waals surface area contributed by atoms with Crippen molar-refractivity contribution < 1.29 is 18.3 Å². The van der Waals surface area contributed by atoms with Crippen LogP contribution in [0.1, 0.15) is 24.5 Å². The van der Waals surface area contributed by atoms with E-state index in [2.05, 4.69) is 17.0 Å². The predicted octanol–water partition coefficient (Wildman–Crippen LogP) is 3.83. The zero-order chi connectivity index (χ0) is 23.0. The van der Waals surface area contributed by atoms with Crippen molar-refractivity contribution in [2.45, 2.75) is 37.2 Å². The third-order valence-electron chi connectivity index (χ3n) is 5.04. The van der Waals surface area contributed by atoms with Crippen LogP contribution in [0.5, 0.6) is 0 Å². The zero-order valence-corrected chi connectivity index (χ0v) is 18.8. The van der Waals surface area contributed by atoms with Gasteiger partial charge < -0.3 is 10.4 Å². The first kappa shape index (κ1) is 23.7. The fourth-order valence-electron chi connectivity index (χ4n) is 3.40. The van der Waals surface area contributed by atoms with E-state index in [1.54, 1.807) is 36.4 Å². The molecule has 0 radical (unpaired) electrons. The number of hydrogen-bond donors (Lipinski definition) is 3. The van der Waals surface area contributed by atoms with Crippen LogP contribution in [0.3, 0.4) is 0 Å². The number of rotatable bonds is 11. The molecule has 3 aromatic carbocycles. The van der Waals surface area contributed by atoms with E-state index in [1.807, 2.05) is 36.4 Å². The van der Waals surface area contributed by atoms with Gasteiger partial charge in [-0.2, -0.15) is 4.72 Å². The number of carbonyl (C=O) groups is 1. The lowest BCUT2D eigenvalue weighted by molar-refractivity contribution is -0.138. The molecule has 0 bridgehead atoms. The first-order valence-electron chi connectivity index (χ1n) is 10.6. The summed E-state index contributed by atoms with van der Waals surface area (Å²) in [7, 11) is -4.03. The SMILES string of the molecule is CCCNCc1cccc(-c2cccc(S(=O)(=O)N[C@@H](Cc3ccccc3)C(=O)O)c2)c1. The van der Waals surface area contributed by atoms with Gasteiger partial charge >= 0.3 is 5.97 Å². The Bertz CT molecular complexity index is 1150. The minimum Gasteiger partial charge on any atom is -0.480 e. The molecule has 0 fully saturated rings. The third-order valence-corrected chi connectivity index (χ3v) is 6.51. The molecule has 0 spiro atoms. The molecule has 0 unspecified atom stereocenters. The maximum Gasteiger partial charge on any atom is 0.322 e. The average molecular weight is 453 g/mol. The summed E-state index contributed by atoms with van der Waals surface area (Å²) in [6.45, 7) is 3.77. The maximum absolute atomic E-state index is 13.0. The minimum absolute atomic E-state index is 0.0313. The fourth-order valence-corrected chi connectivity index (χ4v) is 4.63. The molecular weight excluding hydrogens is 424 g/mol. The van der Waals surface area contributed by atoms with E-state index in [0.29, 0.717) is 0 Å². The molecule has 0 heterocycles. The summed E-state index contributed by atoms with van der Waals surface area (Å²) in [5.74, 6) is -1.22. The van der Waals surface area contributed by atoms with Crippen LogP contribution in [0.4, 0.5) is 0 Å². The number of aliphatic carboxylic acids is 1. The lowest BCUT2D eigenvalue weighted by Gasteiger charge is -2.15. The van der Waals surface area contributed by atoms with Gasteiger partial charge in [0.15, 0.2) is 0 Å². The van der Waals surface area contributed by atoms with Gasteiger partial charge in [-0.1, -0.05) is 67.6 Å². The molecule has 3 N–H and O–H groups in total. The van der Waals surface area contributed by atoms with Crippen LogP contribution in [-0.2, 0) is 27.8 Å².